The molecule has 32 heavy (non-hydrogen) atoms. The molecule has 1 rings (SSSR count). The fraction of sp³-hybridized carbons (Fsp3) is 0.591. The minimum atomic E-state index is -0.810. The van der Waals surface area contributed by atoms with Crippen molar-refractivity contribution in [1.82, 2.24) is 10.6 Å². The molecule has 0 saturated carbocycles. The maximum atomic E-state index is 12.7. The summed E-state index contributed by atoms with van der Waals surface area (Å²) in [5.41, 5.74) is 6.59. The minimum Gasteiger partial charge on any atom is -0.392 e. The number of hydrogen-bond donors (Lipinski definition) is 5. The lowest BCUT2D eigenvalue weighted by Crippen LogP contribution is -2.53. The number of anilines is 1. The second-order valence-electron chi connectivity index (χ2n) is 7.63. The van der Waals surface area contributed by atoms with Gasteiger partial charge in [-0.15, -0.1) is 0 Å². The highest BCUT2D eigenvalue weighted by molar-refractivity contribution is 5.98. The normalized spacial score (nSPS) is 12.8. The average molecular weight is 453 g/mol. The Morgan fingerprint density at radius 1 is 0.938 bits per heavy atom. The molecule has 0 bridgehead atoms. The molecule has 0 aromatic heterocycles. The third-order valence-corrected chi connectivity index (χ3v) is 4.53. The van der Waals surface area contributed by atoms with E-state index in [-0.39, 0.29) is 31.5 Å². The molecule has 0 aliphatic rings. The number of nitrogens with one attached hydrogen (secondary N) is 3. The first-order chi connectivity index (χ1) is 15.3. The topological polar surface area (TPSA) is 152 Å². The predicted molar refractivity (Wildman–Crippen MR) is 121 cm³/mol. The van der Waals surface area contributed by atoms with E-state index in [1.165, 1.54) is 0 Å². The monoisotopic (exact) mass is 452 g/mol. The van der Waals surface area contributed by atoms with E-state index in [0.29, 0.717) is 32.1 Å². The molecule has 0 heterocycles. The zero-order valence-corrected chi connectivity index (χ0v) is 19.1. The second-order valence-corrected chi connectivity index (χ2v) is 7.63. The van der Waals surface area contributed by atoms with Crippen LogP contribution in [0.3, 0.4) is 0 Å². The molecular formula is C22H36N4O6. The number of nitrogens with two attached hydrogens (primary N) is 1. The first-order valence-electron chi connectivity index (χ1n) is 10.7. The molecule has 180 valence electrons. The lowest BCUT2D eigenvalue weighted by molar-refractivity contribution is -0.132. The Hall–Kier alpha value is -2.53. The molecule has 0 radical (unpaired) electrons. The van der Waals surface area contributed by atoms with Crippen molar-refractivity contribution in [2.45, 2.75) is 45.9 Å². The Morgan fingerprint density at radius 3 is 2.12 bits per heavy atom. The van der Waals surface area contributed by atoms with Crippen LogP contribution >= 0.6 is 0 Å². The summed E-state index contributed by atoms with van der Waals surface area (Å²) in [5.74, 6) is -1.33. The molecule has 0 fully saturated rings. The van der Waals surface area contributed by atoms with Gasteiger partial charge in [-0.3, -0.25) is 14.4 Å². The number of amides is 3. The number of aliphatic hydroxyl groups is 1. The van der Waals surface area contributed by atoms with Gasteiger partial charge in [-0.2, -0.15) is 0 Å². The van der Waals surface area contributed by atoms with Crippen molar-refractivity contribution in [1.29, 1.82) is 0 Å². The maximum absolute atomic E-state index is 12.7. The molecule has 0 spiro atoms. The van der Waals surface area contributed by atoms with Gasteiger partial charge in [-0.25, -0.2) is 0 Å². The SMILES string of the molecule is CC(C)[C@H](NC(=O)CCOCCOCCN)C(=O)N[C@@H](C)C(=O)Nc1ccc(CO)cc1. The zero-order chi connectivity index (χ0) is 23.9. The van der Waals surface area contributed by atoms with E-state index in [2.05, 4.69) is 16.0 Å². The first kappa shape index (κ1) is 27.5. The van der Waals surface area contributed by atoms with E-state index in [1.807, 2.05) is 13.8 Å². The van der Waals surface area contributed by atoms with Crippen molar-refractivity contribution in [2.75, 3.05) is 38.3 Å². The van der Waals surface area contributed by atoms with E-state index in [1.54, 1.807) is 31.2 Å². The van der Waals surface area contributed by atoms with Gasteiger partial charge in [0.15, 0.2) is 0 Å². The minimum absolute atomic E-state index is 0.0850. The lowest BCUT2D eigenvalue weighted by atomic mass is 10.0. The van der Waals surface area contributed by atoms with Crippen LogP contribution in [0.25, 0.3) is 0 Å². The van der Waals surface area contributed by atoms with Gasteiger partial charge >= 0.3 is 0 Å². The fourth-order valence-corrected chi connectivity index (χ4v) is 2.66. The highest BCUT2D eigenvalue weighted by atomic mass is 16.5. The van der Waals surface area contributed by atoms with E-state index in [4.69, 9.17) is 20.3 Å². The second kappa shape index (κ2) is 15.3. The smallest absolute Gasteiger partial charge is 0.246 e. The number of rotatable bonds is 15. The highest BCUT2D eigenvalue weighted by Crippen LogP contribution is 2.10. The maximum Gasteiger partial charge on any atom is 0.246 e. The summed E-state index contributed by atoms with van der Waals surface area (Å²) in [5, 5.41) is 17.1. The van der Waals surface area contributed by atoms with Crippen LogP contribution in [0, 0.1) is 5.92 Å². The van der Waals surface area contributed by atoms with Gasteiger partial charge in [-0.05, 0) is 30.5 Å². The van der Waals surface area contributed by atoms with E-state index >= 15 is 0 Å². The molecule has 0 aliphatic carbocycles. The van der Waals surface area contributed by atoms with Gasteiger partial charge in [0.05, 0.1) is 33.0 Å². The van der Waals surface area contributed by atoms with Crippen LogP contribution in [0.4, 0.5) is 5.69 Å². The Bertz CT molecular complexity index is 711. The number of aliphatic hydroxyl groups excluding tert-OH is 1. The number of hydrogen-bond acceptors (Lipinski definition) is 7. The van der Waals surface area contributed by atoms with Gasteiger partial charge in [-0.1, -0.05) is 26.0 Å². The van der Waals surface area contributed by atoms with E-state index in [0.717, 1.165) is 5.56 Å². The standard InChI is InChI=1S/C22H36N4O6/c1-15(2)20(26-19(28)8-10-31-12-13-32-11-9-23)22(30)24-16(3)21(29)25-18-6-4-17(14-27)5-7-18/h4-7,15-16,20,27H,8-14,23H2,1-3H3,(H,24,30)(H,25,29)(H,26,28)/t16-,20-/m0/s1. The number of carbonyl (C=O) groups is 3. The van der Waals surface area contributed by atoms with Crippen molar-refractivity contribution in [3.63, 3.8) is 0 Å². The molecule has 10 nitrogen and oxygen atoms in total. The summed E-state index contributed by atoms with van der Waals surface area (Å²) < 4.78 is 10.5. The molecule has 3 amide bonds. The Balaban J connectivity index is 2.46. The largest absolute Gasteiger partial charge is 0.392 e. The third kappa shape index (κ3) is 10.7. The average Bonchev–Trinajstić information content (AvgIpc) is 2.76. The van der Waals surface area contributed by atoms with Crippen LogP contribution in [-0.4, -0.2) is 67.9 Å². The number of benzene rings is 1. The first-order valence-corrected chi connectivity index (χ1v) is 10.7. The van der Waals surface area contributed by atoms with Crippen LogP contribution in [0.1, 0.15) is 32.8 Å². The summed E-state index contributed by atoms with van der Waals surface area (Å²) in [6.45, 7) is 6.97. The summed E-state index contributed by atoms with van der Waals surface area (Å²) in [6.07, 6.45) is 0.104. The Labute approximate surface area is 189 Å². The fourth-order valence-electron chi connectivity index (χ4n) is 2.66. The molecule has 2 atom stereocenters. The Morgan fingerprint density at radius 2 is 1.56 bits per heavy atom. The molecule has 0 aliphatic heterocycles. The lowest BCUT2D eigenvalue weighted by Gasteiger charge is -2.24. The molecule has 6 N–H and O–H groups in total. The Kier molecular flexibility index (Phi) is 13.2. The van der Waals surface area contributed by atoms with Gasteiger partial charge in [0, 0.05) is 18.7 Å². The molecular weight excluding hydrogens is 416 g/mol. The van der Waals surface area contributed by atoms with Crippen LogP contribution < -0.4 is 21.7 Å². The van der Waals surface area contributed by atoms with Crippen molar-refractivity contribution < 1.29 is 29.0 Å². The van der Waals surface area contributed by atoms with Gasteiger partial charge in [0.2, 0.25) is 17.7 Å². The van der Waals surface area contributed by atoms with Crippen molar-refractivity contribution in [3.8, 4) is 0 Å². The quantitative estimate of drug-likeness (QED) is 0.237. The number of carbonyl (C=O) groups excluding carboxylic acids is 3. The summed E-state index contributed by atoms with van der Waals surface area (Å²) in [6, 6.07) is 5.13. The number of ether oxygens (including phenoxy) is 2. The highest BCUT2D eigenvalue weighted by Gasteiger charge is 2.26. The van der Waals surface area contributed by atoms with Crippen LogP contribution in [0.15, 0.2) is 24.3 Å². The van der Waals surface area contributed by atoms with Crippen molar-refractivity contribution in [2.24, 2.45) is 11.7 Å². The van der Waals surface area contributed by atoms with Gasteiger partial charge in [0.25, 0.3) is 0 Å². The van der Waals surface area contributed by atoms with Gasteiger partial charge in [0.1, 0.15) is 12.1 Å². The molecule has 0 unspecified atom stereocenters. The summed E-state index contributed by atoms with van der Waals surface area (Å²) in [7, 11) is 0. The third-order valence-electron chi connectivity index (χ3n) is 4.53. The van der Waals surface area contributed by atoms with Crippen LogP contribution in [0.5, 0.6) is 0 Å². The van der Waals surface area contributed by atoms with Crippen LogP contribution in [-0.2, 0) is 30.5 Å². The van der Waals surface area contributed by atoms with E-state index < -0.39 is 23.9 Å². The van der Waals surface area contributed by atoms with Crippen molar-refractivity contribution in [3.05, 3.63) is 29.8 Å². The summed E-state index contributed by atoms with van der Waals surface area (Å²) >= 11 is 0. The predicted octanol–water partition coefficient (Wildman–Crippen LogP) is 0.145. The zero-order valence-electron chi connectivity index (χ0n) is 19.1. The molecule has 0 saturated heterocycles. The molecule has 1 aromatic rings. The molecule has 10 heteroatoms. The summed E-state index contributed by atoms with van der Waals surface area (Å²) in [4.78, 5) is 37.2. The van der Waals surface area contributed by atoms with Crippen molar-refractivity contribution >= 4 is 23.4 Å². The van der Waals surface area contributed by atoms with Gasteiger partial charge < -0.3 is 36.3 Å². The van der Waals surface area contributed by atoms with E-state index in [9.17, 15) is 14.4 Å². The molecule has 1 aromatic carbocycles. The van der Waals surface area contributed by atoms with Crippen LogP contribution in [0.2, 0.25) is 0 Å².